The lowest BCUT2D eigenvalue weighted by atomic mass is 10.3. The summed E-state index contributed by atoms with van der Waals surface area (Å²) in [6.45, 7) is 3.40. The van der Waals surface area contributed by atoms with Crippen molar-refractivity contribution >= 4 is 28.4 Å². The topological polar surface area (TPSA) is 107 Å². The highest BCUT2D eigenvalue weighted by Gasteiger charge is 2.21. The number of hydrogen-bond donors (Lipinski definition) is 1. The van der Waals surface area contributed by atoms with E-state index in [1.807, 2.05) is 0 Å². The molecule has 0 aromatic carbocycles. The Morgan fingerprint density at radius 2 is 2.25 bits per heavy atom. The monoisotopic (exact) mass is 302 g/mol. The average Bonchev–Trinajstić information content (AvgIpc) is 2.75. The van der Waals surface area contributed by atoms with Gasteiger partial charge in [0.25, 0.3) is 0 Å². The molecule has 1 N–H and O–H groups in total. The molecule has 0 aliphatic carbocycles. The fraction of sp³-hybridized carbons (Fsp3) is 0.545. The highest BCUT2D eigenvalue weighted by Crippen LogP contribution is 2.18. The fourth-order valence-corrected chi connectivity index (χ4v) is 1.69. The van der Waals surface area contributed by atoms with Crippen molar-refractivity contribution in [2.75, 3.05) is 6.54 Å². The van der Waals surface area contributed by atoms with Gasteiger partial charge >= 0.3 is 5.69 Å². The first-order valence-electron chi connectivity index (χ1n) is 5.99. The second kappa shape index (κ2) is 6.99. The zero-order valence-corrected chi connectivity index (χ0v) is 11.9. The van der Waals surface area contributed by atoms with Crippen molar-refractivity contribution in [3.05, 3.63) is 22.0 Å². The number of nitro groups is 1. The van der Waals surface area contributed by atoms with Crippen molar-refractivity contribution in [1.29, 1.82) is 0 Å². The number of hydrogen-bond acceptors (Lipinski definition) is 5. The molecule has 1 aromatic heterocycles. The van der Waals surface area contributed by atoms with Gasteiger partial charge in [0, 0.05) is 13.0 Å². The van der Waals surface area contributed by atoms with Crippen LogP contribution in [0.4, 0.5) is 5.69 Å². The molecule has 20 heavy (non-hydrogen) atoms. The van der Waals surface area contributed by atoms with Gasteiger partial charge in [-0.3, -0.25) is 24.4 Å². The van der Waals surface area contributed by atoms with E-state index in [9.17, 15) is 19.7 Å². The Kier molecular flexibility index (Phi) is 5.63. The predicted molar refractivity (Wildman–Crippen MR) is 71.4 cm³/mol. The van der Waals surface area contributed by atoms with Crippen LogP contribution >= 0.6 is 11.6 Å². The molecule has 1 unspecified atom stereocenters. The minimum atomic E-state index is -0.672. The SMILES string of the molecule is Cc1nn(C(C)C(=O)NCCCC(=O)Cl)cc1[N+](=O)[O-]. The van der Waals surface area contributed by atoms with Crippen LogP contribution in [0.3, 0.4) is 0 Å². The van der Waals surface area contributed by atoms with E-state index in [1.165, 1.54) is 17.8 Å². The van der Waals surface area contributed by atoms with Crippen LogP contribution in [0.15, 0.2) is 6.20 Å². The van der Waals surface area contributed by atoms with Crippen LogP contribution in [0.1, 0.15) is 31.5 Å². The van der Waals surface area contributed by atoms with Gasteiger partial charge in [-0.15, -0.1) is 0 Å². The molecule has 0 saturated heterocycles. The minimum absolute atomic E-state index is 0.127. The van der Waals surface area contributed by atoms with E-state index in [1.54, 1.807) is 6.92 Å². The number of carbonyl (C=O) groups excluding carboxylic acids is 2. The zero-order valence-electron chi connectivity index (χ0n) is 11.1. The fourth-order valence-electron chi connectivity index (χ4n) is 1.56. The molecule has 0 bridgehead atoms. The van der Waals surface area contributed by atoms with E-state index < -0.39 is 16.2 Å². The number of halogens is 1. The van der Waals surface area contributed by atoms with E-state index in [0.29, 0.717) is 13.0 Å². The van der Waals surface area contributed by atoms with Crippen LogP contribution in [-0.4, -0.2) is 32.4 Å². The normalized spacial score (nSPS) is 11.9. The van der Waals surface area contributed by atoms with E-state index in [-0.39, 0.29) is 23.7 Å². The smallest absolute Gasteiger partial charge is 0.309 e. The maximum absolute atomic E-state index is 11.8. The largest absolute Gasteiger partial charge is 0.354 e. The van der Waals surface area contributed by atoms with Gasteiger partial charge in [-0.2, -0.15) is 5.10 Å². The number of aryl methyl sites for hydroxylation is 1. The lowest BCUT2D eigenvalue weighted by Gasteiger charge is -2.11. The molecule has 0 saturated carbocycles. The Morgan fingerprint density at radius 1 is 1.60 bits per heavy atom. The predicted octanol–water partition coefficient (Wildman–Crippen LogP) is 1.32. The summed E-state index contributed by atoms with van der Waals surface area (Å²) >= 11 is 5.17. The number of nitrogens with one attached hydrogen (secondary N) is 1. The van der Waals surface area contributed by atoms with E-state index in [4.69, 9.17) is 11.6 Å². The Balaban J connectivity index is 2.58. The minimum Gasteiger partial charge on any atom is -0.354 e. The molecule has 110 valence electrons. The van der Waals surface area contributed by atoms with E-state index in [0.717, 1.165) is 0 Å². The molecule has 0 aliphatic heterocycles. The van der Waals surface area contributed by atoms with Crippen molar-refractivity contribution in [3.8, 4) is 0 Å². The third-order valence-electron chi connectivity index (χ3n) is 2.71. The summed E-state index contributed by atoms with van der Waals surface area (Å²) in [5.41, 5.74) is 0.125. The first-order valence-corrected chi connectivity index (χ1v) is 6.37. The molecule has 1 heterocycles. The molecule has 1 aromatic rings. The summed E-state index contributed by atoms with van der Waals surface area (Å²) < 4.78 is 1.25. The van der Waals surface area contributed by atoms with Crippen molar-refractivity contribution in [1.82, 2.24) is 15.1 Å². The lowest BCUT2D eigenvalue weighted by Crippen LogP contribution is -2.32. The van der Waals surface area contributed by atoms with Gasteiger partial charge in [0.05, 0.1) is 4.92 Å². The molecule has 0 radical (unpaired) electrons. The maximum Gasteiger partial charge on any atom is 0.309 e. The molecule has 0 aliphatic rings. The molecular weight excluding hydrogens is 288 g/mol. The van der Waals surface area contributed by atoms with Crippen LogP contribution in [0, 0.1) is 17.0 Å². The molecule has 1 rings (SSSR count). The van der Waals surface area contributed by atoms with Gasteiger partial charge in [0.1, 0.15) is 17.9 Å². The second-order valence-corrected chi connectivity index (χ2v) is 4.68. The summed E-state index contributed by atoms with van der Waals surface area (Å²) in [7, 11) is 0. The Hall–Kier alpha value is -1.96. The quantitative estimate of drug-likeness (QED) is 0.354. The first-order chi connectivity index (χ1) is 9.32. The zero-order chi connectivity index (χ0) is 15.3. The second-order valence-electron chi connectivity index (χ2n) is 4.26. The summed E-state index contributed by atoms with van der Waals surface area (Å²) in [5.74, 6) is -0.329. The van der Waals surface area contributed by atoms with Crippen LogP contribution in [-0.2, 0) is 9.59 Å². The third kappa shape index (κ3) is 4.30. The average molecular weight is 303 g/mol. The first kappa shape index (κ1) is 16.1. The standard InChI is InChI=1S/C11H15ClN4O4/c1-7-9(16(19)20)6-15(14-7)8(2)11(18)13-5-3-4-10(12)17/h6,8H,3-5H2,1-2H3,(H,13,18). The van der Waals surface area contributed by atoms with Gasteiger partial charge in [-0.1, -0.05) is 0 Å². The van der Waals surface area contributed by atoms with Crippen LogP contribution in [0.2, 0.25) is 0 Å². The summed E-state index contributed by atoms with van der Waals surface area (Å²) in [6.07, 6.45) is 1.85. The summed E-state index contributed by atoms with van der Waals surface area (Å²) in [4.78, 5) is 32.5. The number of amides is 1. The van der Waals surface area contributed by atoms with Crippen LogP contribution < -0.4 is 5.32 Å². The number of rotatable bonds is 7. The lowest BCUT2D eigenvalue weighted by molar-refractivity contribution is -0.385. The van der Waals surface area contributed by atoms with Crippen molar-refractivity contribution in [2.45, 2.75) is 32.7 Å². The third-order valence-corrected chi connectivity index (χ3v) is 2.90. The van der Waals surface area contributed by atoms with Crippen LogP contribution in [0.25, 0.3) is 0 Å². The van der Waals surface area contributed by atoms with E-state index in [2.05, 4.69) is 10.4 Å². The Morgan fingerprint density at radius 3 is 2.75 bits per heavy atom. The molecular formula is C11H15ClN4O4. The molecule has 8 nitrogen and oxygen atoms in total. The molecule has 1 atom stereocenters. The van der Waals surface area contributed by atoms with E-state index >= 15 is 0 Å². The van der Waals surface area contributed by atoms with Gasteiger partial charge in [-0.05, 0) is 31.9 Å². The number of carbonyl (C=O) groups is 2. The van der Waals surface area contributed by atoms with Gasteiger partial charge < -0.3 is 5.32 Å². The molecule has 9 heteroatoms. The Bertz CT molecular complexity index is 528. The van der Waals surface area contributed by atoms with Crippen LogP contribution in [0.5, 0.6) is 0 Å². The number of aromatic nitrogens is 2. The van der Waals surface area contributed by atoms with Gasteiger partial charge in [0.15, 0.2) is 0 Å². The maximum atomic E-state index is 11.8. The Labute approximate surface area is 120 Å². The summed E-state index contributed by atoms with van der Waals surface area (Å²) in [6, 6.07) is -0.672. The highest BCUT2D eigenvalue weighted by atomic mass is 35.5. The van der Waals surface area contributed by atoms with Gasteiger partial charge in [-0.25, -0.2) is 0 Å². The van der Waals surface area contributed by atoms with Crippen molar-refractivity contribution in [2.24, 2.45) is 0 Å². The summed E-state index contributed by atoms with van der Waals surface area (Å²) in [5, 5.41) is 16.8. The highest BCUT2D eigenvalue weighted by molar-refractivity contribution is 6.63. The van der Waals surface area contributed by atoms with Crippen molar-refractivity contribution < 1.29 is 14.5 Å². The molecule has 0 fully saturated rings. The molecule has 0 spiro atoms. The van der Waals surface area contributed by atoms with Gasteiger partial charge in [0.2, 0.25) is 11.1 Å². The number of nitrogens with zero attached hydrogens (tertiary/aromatic N) is 3. The molecule has 1 amide bonds. The van der Waals surface area contributed by atoms with Crippen molar-refractivity contribution in [3.63, 3.8) is 0 Å².